The molecule has 0 rings (SSSR count). The first-order chi connectivity index (χ1) is 7.33. The van der Waals surface area contributed by atoms with Crippen LogP contribution in [0.25, 0.3) is 0 Å². The van der Waals surface area contributed by atoms with Crippen molar-refractivity contribution in [3.05, 3.63) is 0 Å². The van der Waals surface area contributed by atoms with E-state index in [4.69, 9.17) is 24.8 Å². The molecule has 1 unspecified atom stereocenters. The van der Waals surface area contributed by atoms with Crippen LogP contribution in [0.4, 0.5) is 0 Å². The third-order valence-electron chi connectivity index (χ3n) is 1.26. The van der Waals surface area contributed by atoms with Gasteiger partial charge in [-0.3, -0.25) is 0 Å². The number of hydrogen-bond donors (Lipinski definition) is 3. The van der Waals surface area contributed by atoms with Crippen LogP contribution in [-0.2, 0) is 9.47 Å². The predicted octanol–water partition coefficient (Wildman–Crippen LogP) is 0.170. The molecule has 0 fully saturated rings. The zero-order valence-corrected chi connectivity index (χ0v) is 10.8. The van der Waals surface area contributed by atoms with E-state index in [1.165, 1.54) is 6.92 Å². The van der Waals surface area contributed by atoms with Crippen LogP contribution < -0.4 is 0 Å². The predicted molar refractivity (Wildman–Crippen MR) is 62.4 cm³/mol. The lowest BCUT2D eigenvalue weighted by atomic mass is 10.2. The fourth-order valence-corrected chi connectivity index (χ4v) is 0.573. The van der Waals surface area contributed by atoms with Gasteiger partial charge < -0.3 is 24.8 Å². The molecule has 3 N–H and O–H groups in total. The van der Waals surface area contributed by atoms with Crippen molar-refractivity contribution in [2.45, 2.75) is 39.4 Å². The first kappa shape index (κ1) is 18.2. The maximum Gasteiger partial charge on any atom is 0.0742 e. The van der Waals surface area contributed by atoms with E-state index in [-0.39, 0.29) is 18.8 Å². The summed E-state index contributed by atoms with van der Waals surface area (Å²) in [5.74, 6) is 0. The monoisotopic (exact) mass is 238 g/mol. The summed E-state index contributed by atoms with van der Waals surface area (Å²) in [7, 11) is 0. The third kappa shape index (κ3) is 23.5. The fourth-order valence-electron chi connectivity index (χ4n) is 0.573. The van der Waals surface area contributed by atoms with Crippen molar-refractivity contribution < 1.29 is 24.8 Å². The van der Waals surface area contributed by atoms with E-state index in [2.05, 4.69) is 0 Å². The van der Waals surface area contributed by atoms with E-state index in [0.717, 1.165) is 0 Å². The van der Waals surface area contributed by atoms with Crippen LogP contribution >= 0.6 is 0 Å². The van der Waals surface area contributed by atoms with Gasteiger partial charge in [0, 0.05) is 0 Å². The summed E-state index contributed by atoms with van der Waals surface area (Å²) in [4.78, 5) is 0. The molecule has 5 heteroatoms. The van der Waals surface area contributed by atoms with Gasteiger partial charge in [-0.1, -0.05) is 0 Å². The van der Waals surface area contributed by atoms with E-state index in [1.54, 1.807) is 0 Å². The highest BCUT2D eigenvalue weighted by atomic mass is 16.5. The number of ether oxygens (including phenoxy) is 2. The summed E-state index contributed by atoms with van der Waals surface area (Å²) in [6.45, 7) is 9.00. The summed E-state index contributed by atoms with van der Waals surface area (Å²) < 4.78 is 10.4. The Morgan fingerprint density at radius 3 is 1.88 bits per heavy atom. The molecule has 0 spiro atoms. The molecule has 0 radical (unpaired) electrons. The minimum atomic E-state index is -0.560. The molecule has 0 aromatic rings. The maximum absolute atomic E-state index is 8.36. The molecule has 5 nitrogen and oxygen atoms in total. The van der Waals surface area contributed by atoms with E-state index >= 15 is 0 Å². The van der Waals surface area contributed by atoms with Gasteiger partial charge >= 0.3 is 0 Å². The zero-order chi connectivity index (χ0) is 13.0. The van der Waals surface area contributed by atoms with Gasteiger partial charge in [-0.05, 0) is 27.7 Å². The highest BCUT2D eigenvalue weighted by Gasteiger charge is 2.08. The van der Waals surface area contributed by atoms with Crippen molar-refractivity contribution in [2.75, 3.05) is 33.0 Å². The Morgan fingerprint density at radius 1 is 1.06 bits per heavy atom. The maximum atomic E-state index is 8.36. The Bertz CT molecular complexity index is 131. The second-order valence-electron chi connectivity index (χ2n) is 4.33. The number of hydrogen-bond acceptors (Lipinski definition) is 5. The average molecular weight is 238 g/mol. The lowest BCUT2D eigenvalue weighted by Crippen LogP contribution is -2.22. The molecule has 0 aliphatic heterocycles. The van der Waals surface area contributed by atoms with Gasteiger partial charge in [0.1, 0.15) is 0 Å². The summed E-state index contributed by atoms with van der Waals surface area (Å²) in [6.07, 6.45) is -0.560. The quantitative estimate of drug-likeness (QED) is 0.575. The van der Waals surface area contributed by atoms with Gasteiger partial charge in [-0.25, -0.2) is 0 Å². The van der Waals surface area contributed by atoms with Crippen LogP contribution in [0.1, 0.15) is 27.7 Å². The van der Waals surface area contributed by atoms with Crippen molar-refractivity contribution >= 4 is 0 Å². The van der Waals surface area contributed by atoms with Gasteiger partial charge in [-0.2, -0.15) is 0 Å². The Kier molecular flexibility index (Phi) is 12.8. The number of aliphatic hydroxyl groups is 3. The molecule has 0 saturated heterocycles. The van der Waals surface area contributed by atoms with Crippen LogP contribution in [0.3, 0.4) is 0 Å². The normalized spacial score (nSPS) is 12.9. The van der Waals surface area contributed by atoms with Gasteiger partial charge in [0.25, 0.3) is 0 Å². The average Bonchev–Trinajstić information content (AvgIpc) is 2.17. The van der Waals surface area contributed by atoms with Crippen molar-refractivity contribution in [3.63, 3.8) is 0 Å². The van der Waals surface area contributed by atoms with Crippen LogP contribution in [0.15, 0.2) is 0 Å². The lowest BCUT2D eigenvalue weighted by Gasteiger charge is -2.19. The zero-order valence-electron chi connectivity index (χ0n) is 10.8. The van der Waals surface area contributed by atoms with E-state index in [0.29, 0.717) is 19.8 Å². The van der Waals surface area contributed by atoms with Crippen molar-refractivity contribution in [2.24, 2.45) is 0 Å². The minimum absolute atomic E-state index is 0.0789. The van der Waals surface area contributed by atoms with E-state index in [9.17, 15) is 0 Å². The first-order valence-corrected chi connectivity index (χ1v) is 5.45. The SMILES string of the molecule is CC(C)(C)OCCOCCO.CC(O)CO. The van der Waals surface area contributed by atoms with Gasteiger partial charge in [0.2, 0.25) is 0 Å². The Balaban J connectivity index is 0. The summed E-state index contributed by atoms with van der Waals surface area (Å²) in [5, 5.41) is 24.4. The van der Waals surface area contributed by atoms with Crippen LogP contribution in [-0.4, -0.2) is 60.1 Å². The topological polar surface area (TPSA) is 79.2 Å². The Hall–Kier alpha value is -0.200. The molecular weight excluding hydrogens is 212 g/mol. The van der Waals surface area contributed by atoms with E-state index < -0.39 is 6.10 Å². The molecule has 0 amide bonds. The molecule has 0 aliphatic rings. The number of rotatable bonds is 6. The molecule has 0 aromatic heterocycles. The Morgan fingerprint density at radius 2 is 1.56 bits per heavy atom. The Labute approximate surface area is 98.0 Å². The van der Waals surface area contributed by atoms with Gasteiger partial charge in [-0.15, -0.1) is 0 Å². The summed E-state index contributed by atoms with van der Waals surface area (Å²) in [6, 6.07) is 0. The second-order valence-corrected chi connectivity index (χ2v) is 4.33. The molecule has 100 valence electrons. The standard InChI is InChI=1S/C8H18O3.C3H8O2/c1-8(2,3)11-7-6-10-5-4-9;1-3(5)2-4/h9H,4-7H2,1-3H3;3-5H,2H2,1H3. The largest absolute Gasteiger partial charge is 0.394 e. The molecule has 0 bridgehead atoms. The minimum Gasteiger partial charge on any atom is -0.394 e. The van der Waals surface area contributed by atoms with Crippen LogP contribution in [0.2, 0.25) is 0 Å². The third-order valence-corrected chi connectivity index (χ3v) is 1.26. The van der Waals surface area contributed by atoms with Crippen molar-refractivity contribution in [1.82, 2.24) is 0 Å². The van der Waals surface area contributed by atoms with Crippen molar-refractivity contribution in [3.8, 4) is 0 Å². The molecule has 0 heterocycles. The van der Waals surface area contributed by atoms with Crippen molar-refractivity contribution in [1.29, 1.82) is 0 Å². The highest BCUT2D eigenvalue weighted by molar-refractivity contribution is 4.57. The molecule has 0 aromatic carbocycles. The molecular formula is C11H26O5. The van der Waals surface area contributed by atoms with Gasteiger partial charge in [0.05, 0.1) is 44.7 Å². The van der Waals surface area contributed by atoms with Gasteiger partial charge in [0.15, 0.2) is 0 Å². The smallest absolute Gasteiger partial charge is 0.0742 e. The fraction of sp³-hybridized carbons (Fsp3) is 1.00. The van der Waals surface area contributed by atoms with Crippen LogP contribution in [0.5, 0.6) is 0 Å². The molecule has 0 saturated carbocycles. The molecule has 16 heavy (non-hydrogen) atoms. The van der Waals surface area contributed by atoms with Crippen LogP contribution in [0, 0.1) is 0 Å². The second kappa shape index (κ2) is 11.3. The number of aliphatic hydroxyl groups excluding tert-OH is 3. The lowest BCUT2D eigenvalue weighted by molar-refractivity contribution is -0.0384. The summed E-state index contributed by atoms with van der Waals surface area (Å²) >= 11 is 0. The first-order valence-electron chi connectivity index (χ1n) is 5.45. The van der Waals surface area contributed by atoms with E-state index in [1.807, 2.05) is 20.8 Å². The molecule has 1 atom stereocenters. The summed E-state index contributed by atoms with van der Waals surface area (Å²) in [5.41, 5.74) is -0.0947. The molecule has 0 aliphatic carbocycles. The highest BCUT2D eigenvalue weighted by Crippen LogP contribution is 2.05.